The van der Waals surface area contributed by atoms with Gasteiger partial charge in [-0.1, -0.05) is 60.7 Å². The molecule has 2 heterocycles. The molecule has 1 aliphatic rings. The van der Waals surface area contributed by atoms with Crippen LogP contribution < -0.4 is 0 Å². The highest BCUT2D eigenvalue weighted by Crippen LogP contribution is 2.24. The fourth-order valence-electron chi connectivity index (χ4n) is 3.49. The van der Waals surface area contributed by atoms with E-state index in [0.717, 1.165) is 18.4 Å². The second-order valence-corrected chi connectivity index (χ2v) is 7.14. The van der Waals surface area contributed by atoms with Crippen molar-refractivity contribution in [3.05, 3.63) is 89.7 Å². The molecule has 0 bridgehead atoms. The molecule has 6 nitrogen and oxygen atoms in total. The van der Waals surface area contributed by atoms with Crippen molar-refractivity contribution in [1.29, 1.82) is 0 Å². The van der Waals surface area contributed by atoms with Crippen molar-refractivity contribution in [1.82, 2.24) is 14.7 Å². The van der Waals surface area contributed by atoms with Gasteiger partial charge in [0.2, 0.25) is 6.10 Å². The lowest BCUT2D eigenvalue weighted by atomic mass is 10.1. The first-order chi connectivity index (χ1) is 14.2. The van der Waals surface area contributed by atoms with Crippen molar-refractivity contribution in [2.75, 3.05) is 13.1 Å². The summed E-state index contributed by atoms with van der Waals surface area (Å²) in [5.41, 5.74) is 2.09. The van der Waals surface area contributed by atoms with Gasteiger partial charge in [0.15, 0.2) is 0 Å². The van der Waals surface area contributed by atoms with Crippen molar-refractivity contribution in [2.24, 2.45) is 0 Å². The summed E-state index contributed by atoms with van der Waals surface area (Å²) in [4.78, 5) is 27.5. The van der Waals surface area contributed by atoms with Gasteiger partial charge in [-0.2, -0.15) is 5.10 Å². The van der Waals surface area contributed by atoms with Gasteiger partial charge in [0, 0.05) is 24.8 Å². The van der Waals surface area contributed by atoms with Crippen LogP contribution >= 0.6 is 0 Å². The van der Waals surface area contributed by atoms with E-state index in [4.69, 9.17) is 4.74 Å². The highest BCUT2D eigenvalue weighted by Gasteiger charge is 2.31. The molecule has 1 amide bonds. The molecule has 1 fully saturated rings. The molecule has 1 aromatic heterocycles. The Bertz CT molecular complexity index is 963. The number of hydrogen-bond acceptors (Lipinski definition) is 4. The minimum Gasteiger partial charge on any atom is -0.444 e. The average Bonchev–Trinajstić information content (AvgIpc) is 3.45. The summed E-state index contributed by atoms with van der Waals surface area (Å²) in [5.74, 6) is -0.718. The van der Waals surface area contributed by atoms with Crippen molar-refractivity contribution in [3.8, 4) is 0 Å². The van der Waals surface area contributed by atoms with E-state index >= 15 is 0 Å². The van der Waals surface area contributed by atoms with Gasteiger partial charge in [0.25, 0.3) is 5.91 Å². The van der Waals surface area contributed by atoms with Crippen LogP contribution in [0.5, 0.6) is 0 Å². The number of benzene rings is 2. The number of ether oxygens (including phenoxy) is 1. The Kier molecular flexibility index (Phi) is 5.70. The summed E-state index contributed by atoms with van der Waals surface area (Å²) in [6.07, 6.45) is 4.14. The number of amides is 1. The zero-order chi connectivity index (χ0) is 20.1. The van der Waals surface area contributed by atoms with E-state index in [1.807, 2.05) is 60.7 Å². The lowest BCUT2D eigenvalue weighted by Gasteiger charge is -2.23. The van der Waals surface area contributed by atoms with E-state index in [1.165, 1.54) is 6.20 Å². The maximum Gasteiger partial charge on any atom is 0.342 e. The van der Waals surface area contributed by atoms with E-state index in [0.29, 0.717) is 30.8 Å². The fourth-order valence-corrected chi connectivity index (χ4v) is 3.49. The molecular formula is C23H23N3O3. The maximum absolute atomic E-state index is 13.0. The SMILES string of the molecule is O=C(O[C@H](C(=O)N1CCCC1)c1ccccc1)c1cnn(Cc2ccccc2)c1. The summed E-state index contributed by atoms with van der Waals surface area (Å²) in [6, 6.07) is 19.0. The maximum atomic E-state index is 13.0. The number of carbonyl (C=O) groups is 2. The minimum absolute atomic E-state index is 0.168. The first-order valence-corrected chi connectivity index (χ1v) is 9.82. The predicted molar refractivity (Wildman–Crippen MR) is 108 cm³/mol. The molecule has 0 spiro atoms. The van der Waals surface area contributed by atoms with Gasteiger partial charge in [0.05, 0.1) is 18.3 Å². The lowest BCUT2D eigenvalue weighted by molar-refractivity contribution is -0.140. The number of aromatic nitrogens is 2. The second-order valence-electron chi connectivity index (χ2n) is 7.14. The van der Waals surface area contributed by atoms with E-state index in [-0.39, 0.29) is 5.91 Å². The van der Waals surface area contributed by atoms with Gasteiger partial charge < -0.3 is 9.64 Å². The van der Waals surface area contributed by atoms with Crippen molar-refractivity contribution in [2.45, 2.75) is 25.5 Å². The third-order valence-corrected chi connectivity index (χ3v) is 5.03. The molecule has 2 aromatic carbocycles. The molecule has 1 aliphatic heterocycles. The van der Waals surface area contributed by atoms with Gasteiger partial charge in [0.1, 0.15) is 0 Å². The summed E-state index contributed by atoms with van der Waals surface area (Å²) in [5, 5.41) is 4.26. The molecule has 6 heteroatoms. The molecule has 1 atom stereocenters. The Morgan fingerprint density at radius 1 is 0.966 bits per heavy atom. The third kappa shape index (κ3) is 4.54. The molecule has 0 N–H and O–H groups in total. The monoisotopic (exact) mass is 389 g/mol. The van der Waals surface area contributed by atoms with Crippen LogP contribution in [0.4, 0.5) is 0 Å². The van der Waals surface area contributed by atoms with E-state index in [1.54, 1.807) is 15.8 Å². The van der Waals surface area contributed by atoms with Crippen molar-refractivity contribution >= 4 is 11.9 Å². The van der Waals surface area contributed by atoms with Crippen LogP contribution in [0.1, 0.15) is 40.4 Å². The van der Waals surface area contributed by atoms with E-state index < -0.39 is 12.1 Å². The van der Waals surface area contributed by atoms with Crippen LogP contribution in [0.2, 0.25) is 0 Å². The van der Waals surface area contributed by atoms with Gasteiger partial charge in [-0.05, 0) is 18.4 Å². The molecular weight excluding hydrogens is 366 g/mol. The number of likely N-dealkylation sites (tertiary alicyclic amines) is 1. The summed E-state index contributed by atoms with van der Waals surface area (Å²) in [6.45, 7) is 1.96. The first kappa shape index (κ1) is 18.9. The molecule has 0 unspecified atom stereocenters. The first-order valence-electron chi connectivity index (χ1n) is 9.82. The molecule has 0 saturated carbocycles. The van der Waals surface area contributed by atoms with Gasteiger partial charge in [-0.3, -0.25) is 9.48 Å². The predicted octanol–water partition coefficient (Wildman–Crippen LogP) is 3.45. The Labute approximate surface area is 169 Å². The topological polar surface area (TPSA) is 64.4 Å². The fraction of sp³-hybridized carbons (Fsp3) is 0.261. The summed E-state index contributed by atoms with van der Waals surface area (Å²) < 4.78 is 7.36. The quantitative estimate of drug-likeness (QED) is 0.606. The third-order valence-electron chi connectivity index (χ3n) is 5.03. The van der Waals surface area contributed by atoms with Crippen LogP contribution in [0.15, 0.2) is 73.1 Å². The Morgan fingerprint density at radius 3 is 2.31 bits per heavy atom. The van der Waals surface area contributed by atoms with Crippen molar-refractivity contribution in [3.63, 3.8) is 0 Å². The Hall–Kier alpha value is -3.41. The standard InChI is InChI=1S/C23H23N3O3/c27-22(25-13-7-8-14-25)21(19-11-5-2-6-12-19)29-23(28)20-15-24-26(17-20)16-18-9-3-1-4-10-18/h1-6,9-12,15,17,21H,7-8,13-14,16H2/t21-/m0/s1. The average molecular weight is 389 g/mol. The molecule has 0 aliphatic carbocycles. The molecule has 148 valence electrons. The van der Waals surface area contributed by atoms with Crippen LogP contribution in [0, 0.1) is 0 Å². The number of hydrogen-bond donors (Lipinski definition) is 0. The molecule has 1 saturated heterocycles. The van der Waals surface area contributed by atoms with Crippen LogP contribution in [-0.2, 0) is 16.1 Å². The summed E-state index contributed by atoms with van der Waals surface area (Å²) in [7, 11) is 0. The summed E-state index contributed by atoms with van der Waals surface area (Å²) >= 11 is 0. The largest absolute Gasteiger partial charge is 0.444 e. The lowest BCUT2D eigenvalue weighted by Crippen LogP contribution is -2.34. The normalized spacial score (nSPS) is 14.6. The van der Waals surface area contributed by atoms with Crippen LogP contribution in [-0.4, -0.2) is 39.6 Å². The van der Waals surface area contributed by atoms with E-state index in [2.05, 4.69) is 5.10 Å². The minimum atomic E-state index is -0.945. The molecule has 0 radical (unpaired) electrons. The molecule has 29 heavy (non-hydrogen) atoms. The highest BCUT2D eigenvalue weighted by atomic mass is 16.5. The number of rotatable bonds is 6. The second kappa shape index (κ2) is 8.73. The zero-order valence-electron chi connectivity index (χ0n) is 16.1. The molecule has 3 aromatic rings. The number of carbonyl (C=O) groups excluding carboxylic acids is 2. The smallest absolute Gasteiger partial charge is 0.342 e. The highest BCUT2D eigenvalue weighted by molar-refractivity contribution is 5.92. The Morgan fingerprint density at radius 2 is 1.62 bits per heavy atom. The number of nitrogens with zero attached hydrogens (tertiary/aromatic N) is 3. The number of esters is 1. The van der Waals surface area contributed by atoms with Gasteiger partial charge in [-0.15, -0.1) is 0 Å². The van der Waals surface area contributed by atoms with E-state index in [9.17, 15) is 9.59 Å². The van der Waals surface area contributed by atoms with Crippen molar-refractivity contribution < 1.29 is 14.3 Å². The van der Waals surface area contributed by atoms with Crippen LogP contribution in [0.3, 0.4) is 0 Å². The zero-order valence-corrected chi connectivity index (χ0v) is 16.1. The van der Waals surface area contributed by atoms with Gasteiger partial charge in [-0.25, -0.2) is 4.79 Å². The van der Waals surface area contributed by atoms with Gasteiger partial charge >= 0.3 is 5.97 Å². The van der Waals surface area contributed by atoms with Crippen LogP contribution in [0.25, 0.3) is 0 Å². The molecule has 4 rings (SSSR count). The Balaban J connectivity index is 1.50.